The molecule has 0 saturated carbocycles. The van der Waals surface area contributed by atoms with E-state index in [0.29, 0.717) is 11.4 Å². The normalized spacial score (nSPS) is 11.5. The van der Waals surface area contributed by atoms with Crippen molar-refractivity contribution in [1.29, 1.82) is 0 Å². The molecule has 0 unspecified atom stereocenters. The number of aryl methyl sites for hydroxylation is 1. The molecule has 0 atom stereocenters. The number of imidazole rings is 1. The highest BCUT2D eigenvalue weighted by Gasteiger charge is 2.17. The van der Waals surface area contributed by atoms with Crippen LogP contribution in [0.25, 0.3) is 11.4 Å². The maximum Gasteiger partial charge on any atom is 0.343 e. The first-order valence-electron chi connectivity index (χ1n) is 5.30. The highest BCUT2D eigenvalue weighted by atomic mass is 32.2. The molecule has 1 aromatic heterocycles. The first kappa shape index (κ1) is 13.2. The molecule has 0 saturated heterocycles. The number of aromatic nitrogens is 2. The Morgan fingerprint density at radius 3 is 2.26 bits per heavy atom. The van der Waals surface area contributed by atoms with Crippen LogP contribution in [0.1, 0.15) is 5.69 Å². The van der Waals surface area contributed by atoms with Gasteiger partial charge in [-0.25, -0.2) is 18.4 Å². The average molecular weight is 281 g/mol. The summed E-state index contributed by atoms with van der Waals surface area (Å²) in [7, 11) is -3.26. The summed E-state index contributed by atoms with van der Waals surface area (Å²) in [6, 6.07) is 5.99. The fraction of sp³-hybridized carbons (Fsp3) is 0.182. The number of hydrogen-bond acceptors (Lipinski definition) is 5. The van der Waals surface area contributed by atoms with Crippen molar-refractivity contribution in [2.75, 3.05) is 6.26 Å². The Morgan fingerprint density at radius 2 is 1.84 bits per heavy atom. The van der Waals surface area contributed by atoms with Crippen LogP contribution in [0.15, 0.2) is 29.2 Å². The van der Waals surface area contributed by atoms with Gasteiger partial charge < -0.3 is 10.1 Å². The van der Waals surface area contributed by atoms with Crippen molar-refractivity contribution in [1.82, 2.24) is 9.97 Å². The van der Waals surface area contributed by atoms with Gasteiger partial charge in [-0.05, 0) is 36.1 Å². The third-order valence-electron chi connectivity index (χ3n) is 2.60. The van der Waals surface area contributed by atoms with Gasteiger partial charge in [0, 0.05) is 11.8 Å². The molecular formula is C11H11N3O4S. The van der Waals surface area contributed by atoms with Crippen LogP contribution in [0.2, 0.25) is 0 Å². The van der Waals surface area contributed by atoms with Gasteiger partial charge in [0.15, 0.2) is 9.84 Å². The molecule has 0 aliphatic rings. The summed E-state index contributed by atoms with van der Waals surface area (Å²) in [5.74, 6) is 0.173. The topological polar surface area (TPSA) is 106 Å². The largest absolute Gasteiger partial charge is 0.358 e. The van der Waals surface area contributed by atoms with E-state index >= 15 is 0 Å². The molecule has 0 fully saturated rings. The van der Waals surface area contributed by atoms with Crippen molar-refractivity contribution < 1.29 is 13.3 Å². The van der Waals surface area contributed by atoms with Gasteiger partial charge in [-0.1, -0.05) is 0 Å². The molecule has 0 bridgehead atoms. The fourth-order valence-corrected chi connectivity index (χ4v) is 2.26. The number of nitro groups is 1. The van der Waals surface area contributed by atoms with Crippen molar-refractivity contribution in [3.63, 3.8) is 0 Å². The molecule has 100 valence electrons. The zero-order chi connectivity index (χ0) is 14.2. The highest BCUT2D eigenvalue weighted by molar-refractivity contribution is 7.90. The standard InChI is InChI=1S/C11H11N3O4S/c1-7-11(14(15)16)13-10(12-7)8-3-5-9(6-4-8)19(2,17)18/h3-6H,1-2H3,(H,12,13). The van der Waals surface area contributed by atoms with Gasteiger partial charge in [0.05, 0.1) is 4.90 Å². The molecule has 0 spiro atoms. The van der Waals surface area contributed by atoms with Crippen LogP contribution in [0.5, 0.6) is 0 Å². The monoisotopic (exact) mass is 281 g/mol. The summed E-state index contributed by atoms with van der Waals surface area (Å²) < 4.78 is 22.6. The van der Waals surface area contributed by atoms with Gasteiger partial charge >= 0.3 is 5.82 Å². The lowest BCUT2D eigenvalue weighted by Gasteiger charge is -1.98. The number of nitrogens with one attached hydrogen (secondary N) is 1. The molecule has 0 aliphatic carbocycles. The van der Waals surface area contributed by atoms with Crippen LogP contribution < -0.4 is 0 Å². The number of H-pyrrole nitrogens is 1. The van der Waals surface area contributed by atoms with Crippen molar-refractivity contribution in [3.05, 3.63) is 40.1 Å². The van der Waals surface area contributed by atoms with Gasteiger partial charge in [0.2, 0.25) is 5.82 Å². The molecule has 7 nitrogen and oxygen atoms in total. The Labute approximate surface area is 109 Å². The van der Waals surface area contributed by atoms with Crippen LogP contribution in [0, 0.1) is 17.0 Å². The van der Waals surface area contributed by atoms with E-state index < -0.39 is 14.8 Å². The van der Waals surface area contributed by atoms with E-state index in [0.717, 1.165) is 6.26 Å². The van der Waals surface area contributed by atoms with E-state index in [1.807, 2.05) is 0 Å². The van der Waals surface area contributed by atoms with E-state index in [9.17, 15) is 18.5 Å². The zero-order valence-corrected chi connectivity index (χ0v) is 11.1. The number of hydrogen-bond donors (Lipinski definition) is 1. The van der Waals surface area contributed by atoms with E-state index in [2.05, 4.69) is 9.97 Å². The molecule has 0 amide bonds. The van der Waals surface area contributed by atoms with Gasteiger partial charge in [-0.15, -0.1) is 0 Å². The summed E-state index contributed by atoms with van der Waals surface area (Å²) in [5.41, 5.74) is 0.871. The molecule has 8 heteroatoms. The van der Waals surface area contributed by atoms with Crippen molar-refractivity contribution >= 4 is 15.7 Å². The lowest BCUT2D eigenvalue weighted by Crippen LogP contribution is -1.96. The summed E-state index contributed by atoms with van der Waals surface area (Å²) in [4.78, 5) is 17.0. The summed E-state index contributed by atoms with van der Waals surface area (Å²) in [6.45, 7) is 1.53. The summed E-state index contributed by atoms with van der Waals surface area (Å²) >= 11 is 0. The van der Waals surface area contributed by atoms with Crippen molar-refractivity contribution in [3.8, 4) is 11.4 Å². The second kappa shape index (κ2) is 4.47. The highest BCUT2D eigenvalue weighted by Crippen LogP contribution is 2.23. The maximum atomic E-state index is 11.3. The molecule has 2 aromatic rings. The Morgan fingerprint density at radius 1 is 1.26 bits per heavy atom. The number of rotatable bonds is 3. The lowest BCUT2D eigenvalue weighted by atomic mass is 10.2. The zero-order valence-electron chi connectivity index (χ0n) is 10.2. The molecule has 0 radical (unpaired) electrons. The van der Waals surface area contributed by atoms with E-state index in [1.54, 1.807) is 12.1 Å². The van der Waals surface area contributed by atoms with Crippen molar-refractivity contribution in [2.45, 2.75) is 11.8 Å². The Bertz CT molecular complexity index is 732. The number of nitrogens with zero attached hydrogens (tertiary/aromatic N) is 2. The molecule has 2 rings (SSSR count). The predicted molar refractivity (Wildman–Crippen MR) is 68.5 cm³/mol. The fourth-order valence-electron chi connectivity index (χ4n) is 1.63. The third-order valence-corrected chi connectivity index (χ3v) is 3.73. The van der Waals surface area contributed by atoms with Crippen LogP contribution >= 0.6 is 0 Å². The van der Waals surface area contributed by atoms with Gasteiger partial charge in [-0.3, -0.25) is 0 Å². The molecule has 1 N–H and O–H groups in total. The van der Waals surface area contributed by atoms with Crippen LogP contribution in [0.3, 0.4) is 0 Å². The number of sulfone groups is 1. The molecule has 1 aromatic carbocycles. The summed E-state index contributed by atoms with van der Waals surface area (Å²) in [5, 5.41) is 10.7. The molecule has 1 heterocycles. The molecule has 19 heavy (non-hydrogen) atoms. The SMILES string of the molecule is Cc1nc(-c2ccc(S(C)(=O)=O)cc2)[nH]c1[N+](=O)[O-]. The number of aromatic amines is 1. The Kier molecular flexibility index (Phi) is 3.11. The van der Waals surface area contributed by atoms with Crippen LogP contribution in [-0.2, 0) is 9.84 Å². The minimum absolute atomic E-state index is 0.165. The molecule has 0 aliphatic heterocycles. The average Bonchev–Trinajstić information content (AvgIpc) is 2.70. The van der Waals surface area contributed by atoms with E-state index in [-0.39, 0.29) is 16.4 Å². The van der Waals surface area contributed by atoms with Crippen LogP contribution in [0.4, 0.5) is 5.82 Å². The second-order valence-electron chi connectivity index (χ2n) is 4.07. The van der Waals surface area contributed by atoms with Crippen LogP contribution in [-0.4, -0.2) is 29.6 Å². The first-order valence-corrected chi connectivity index (χ1v) is 7.19. The minimum Gasteiger partial charge on any atom is -0.358 e. The maximum absolute atomic E-state index is 11.3. The number of benzene rings is 1. The van der Waals surface area contributed by atoms with Gasteiger partial charge in [0.1, 0.15) is 5.69 Å². The lowest BCUT2D eigenvalue weighted by molar-refractivity contribution is -0.389. The minimum atomic E-state index is -3.26. The molecular weight excluding hydrogens is 270 g/mol. The predicted octanol–water partition coefficient (Wildman–Crippen LogP) is 1.70. The van der Waals surface area contributed by atoms with E-state index in [4.69, 9.17) is 0 Å². The smallest absolute Gasteiger partial charge is 0.343 e. The summed E-state index contributed by atoms with van der Waals surface area (Å²) in [6.07, 6.45) is 1.11. The second-order valence-corrected chi connectivity index (χ2v) is 6.09. The van der Waals surface area contributed by atoms with Gasteiger partial charge in [0.25, 0.3) is 0 Å². The first-order chi connectivity index (χ1) is 8.79. The van der Waals surface area contributed by atoms with Gasteiger partial charge in [-0.2, -0.15) is 0 Å². The van der Waals surface area contributed by atoms with Crippen molar-refractivity contribution in [2.24, 2.45) is 0 Å². The third kappa shape index (κ3) is 2.63. The van der Waals surface area contributed by atoms with E-state index in [1.165, 1.54) is 19.1 Å². The quantitative estimate of drug-likeness (QED) is 0.680. The Hall–Kier alpha value is -2.22. The Balaban J connectivity index is 2.43.